The number of carbonyl (C=O) groups excluding carboxylic acids is 1. The maximum Gasteiger partial charge on any atom is 0.341 e. The van der Waals surface area contributed by atoms with Crippen molar-refractivity contribution in [3.8, 4) is 5.75 Å². The number of nitrogens with two attached hydrogens (primary N) is 1. The largest absolute Gasteiger partial charge is 0.480 e. The molecule has 0 radical (unpaired) electrons. The molecule has 0 atom stereocenters. The van der Waals surface area contributed by atoms with Crippen LogP contribution in [0, 0.1) is 5.92 Å². The summed E-state index contributed by atoms with van der Waals surface area (Å²) in [5.41, 5.74) is 6.33. The highest BCUT2D eigenvalue weighted by Crippen LogP contribution is 2.28. The fraction of sp³-hybridized carbons (Fsp3) is 0.467. The Morgan fingerprint density at radius 1 is 1.24 bits per heavy atom. The monoisotopic (exact) mass is 292 g/mol. The average molecular weight is 292 g/mol. The molecule has 0 aliphatic heterocycles. The van der Waals surface area contributed by atoms with Crippen molar-refractivity contribution in [2.75, 3.05) is 11.9 Å². The number of carboxylic acids is 1. The third-order valence-corrected chi connectivity index (χ3v) is 3.64. The Bertz CT molecular complexity index is 510. The number of hydrogen-bond donors (Lipinski definition) is 3. The molecule has 1 aromatic rings. The number of para-hydroxylation sites is 2. The lowest BCUT2D eigenvalue weighted by molar-refractivity contribution is -0.139. The Labute approximate surface area is 123 Å². The Hall–Kier alpha value is -2.08. The van der Waals surface area contributed by atoms with Crippen molar-refractivity contribution in [2.45, 2.75) is 31.7 Å². The molecule has 0 aromatic heterocycles. The van der Waals surface area contributed by atoms with E-state index in [-0.39, 0.29) is 17.9 Å². The van der Waals surface area contributed by atoms with Gasteiger partial charge in [-0.15, -0.1) is 0 Å². The lowest BCUT2D eigenvalue weighted by Crippen LogP contribution is -2.32. The van der Waals surface area contributed by atoms with Crippen LogP contribution in [0.3, 0.4) is 0 Å². The molecular weight excluding hydrogens is 272 g/mol. The normalized spacial score (nSPS) is 21.6. The number of amides is 1. The number of benzene rings is 1. The standard InChI is InChI=1S/C15H20N2O4/c16-11-7-5-10(6-8-11)15(20)17-12-3-1-2-4-13(12)21-9-14(18)19/h1-4,10-11H,5-9,16H2,(H,17,20)(H,18,19). The predicted molar refractivity (Wildman–Crippen MR) is 78.1 cm³/mol. The molecule has 0 unspecified atom stereocenters. The van der Waals surface area contributed by atoms with Crippen LogP contribution in [0.1, 0.15) is 25.7 Å². The van der Waals surface area contributed by atoms with Gasteiger partial charge in [-0.2, -0.15) is 0 Å². The Balaban J connectivity index is 1.98. The van der Waals surface area contributed by atoms with Gasteiger partial charge in [0, 0.05) is 12.0 Å². The van der Waals surface area contributed by atoms with Crippen LogP contribution >= 0.6 is 0 Å². The molecule has 1 saturated carbocycles. The zero-order chi connectivity index (χ0) is 15.2. The number of rotatable bonds is 5. The highest BCUT2D eigenvalue weighted by atomic mass is 16.5. The Morgan fingerprint density at radius 2 is 1.90 bits per heavy atom. The minimum atomic E-state index is -1.06. The van der Waals surface area contributed by atoms with Crippen LogP contribution < -0.4 is 15.8 Å². The van der Waals surface area contributed by atoms with Crippen molar-refractivity contribution < 1.29 is 19.4 Å². The molecule has 1 aliphatic carbocycles. The van der Waals surface area contributed by atoms with E-state index in [0.717, 1.165) is 25.7 Å². The molecule has 0 bridgehead atoms. The van der Waals surface area contributed by atoms with Crippen LogP contribution in [0.15, 0.2) is 24.3 Å². The lowest BCUT2D eigenvalue weighted by atomic mass is 9.86. The summed E-state index contributed by atoms with van der Waals surface area (Å²) in [6.45, 7) is -0.439. The van der Waals surface area contributed by atoms with Crippen LogP contribution in [-0.2, 0) is 9.59 Å². The van der Waals surface area contributed by atoms with Gasteiger partial charge < -0.3 is 20.9 Å². The molecule has 4 N–H and O–H groups in total. The summed E-state index contributed by atoms with van der Waals surface area (Å²) >= 11 is 0. The predicted octanol–water partition coefficient (Wildman–Crippen LogP) is 1.61. The molecule has 0 spiro atoms. The summed E-state index contributed by atoms with van der Waals surface area (Å²) in [5, 5.41) is 11.5. The first-order valence-corrected chi connectivity index (χ1v) is 7.06. The summed E-state index contributed by atoms with van der Waals surface area (Å²) in [4.78, 5) is 22.8. The van der Waals surface area contributed by atoms with Gasteiger partial charge >= 0.3 is 5.97 Å². The Kier molecular flexibility index (Phi) is 5.16. The highest BCUT2D eigenvalue weighted by Gasteiger charge is 2.25. The zero-order valence-corrected chi connectivity index (χ0v) is 11.7. The van der Waals surface area contributed by atoms with Crippen LogP contribution in [0.4, 0.5) is 5.69 Å². The van der Waals surface area contributed by atoms with Crippen molar-refractivity contribution in [1.82, 2.24) is 0 Å². The van der Waals surface area contributed by atoms with E-state index in [9.17, 15) is 9.59 Å². The Morgan fingerprint density at radius 3 is 2.57 bits per heavy atom. The summed E-state index contributed by atoms with van der Waals surface area (Å²) in [6, 6.07) is 7.02. The summed E-state index contributed by atoms with van der Waals surface area (Å²) in [6.07, 6.45) is 3.28. The third-order valence-electron chi connectivity index (χ3n) is 3.64. The average Bonchev–Trinajstić information content (AvgIpc) is 2.47. The first-order valence-electron chi connectivity index (χ1n) is 7.06. The van der Waals surface area contributed by atoms with Gasteiger partial charge in [-0.3, -0.25) is 4.79 Å². The molecule has 114 valence electrons. The summed E-state index contributed by atoms with van der Waals surface area (Å²) in [7, 11) is 0. The van der Waals surface area contributed by atoms with Crippen molar-refractivity contribution in [2.24, 2.45) is 11.7 Å². The number of carbonyl (C=O) groups is 2. The minimum Gasteiger partial charge on any atom is -0.480 e. The SMILES string of the molecule is NC1CCC(C(=O)Nc2ccccc2OCC(=O)O)CC1. The van der Waals surface area contributed by atoms with Crippen LogP contribution in [0.5, 0.6) is 5.75 Å². The molecule has 0 heterocycles. The first-order chi connectivity index (χ1) is 10.1. The van der Waals surface area contributed by atoms with Crippen LogP contribution in [0.2, 0.25) is 0 Å². The molecule has 1 aliphatic rings. The fourth-order valence-corrected chi connectivity index (χ4v) is 2.45. The van der Waals surface area contributed by atoms with Crippen LogP contribution in [-0.4, -0.2) is 29.6 Å². The van der Waals surface area contributed by atoms with Gasteiger partial charge in [0.2, 0.25) is 5.91 Å². The second kappa shape index (κ2) is 7.08. The van der Waals surface area contributed by atoms with Crippen molar-refractivity contribution in [1.29, 1.82) is 0 Å². The number of ether oxygens (including phenoxy) is 1. The maximum atomic E-state index is 12.2. The molecule has 21 heavy (non-hydrogen) atoms. The van der Waals surface area contributed by atoms with E-state index in [0.29, 0.717) is 11.4 Å². The number of carboxylic acid groups (broad SMARTS) is 1. The van der Waals surface area contributed by atoms with Crippen molar-refractivity contribution >= 4 is 17.6 Å². The number of anilines is 1. The van der Waals surface area contributed by atoms with Gasteiger partial charge in [-0.25, -0.2) is 4.79 Å². The lowest BCUT2D eigenvalue weighted by Gasteiger charge is -2.25. The van der Waals surface area contributed by atoms with Gasteiger partial charge in [0.1, 0.15) is 5.75 Å². The van der Waals surface area contributed by atoms with Gasteiger partial charge in [-0.1, -0.05) is 12.1 Å². The quantitative estimate of drug-likeness (QED) is 0.765. The van der Waals surface area contributed by atoms with E-state index in [2.05, 4.69) is 5.32 Å². The number of hydrogen-bond acceptors (Lipinski definition) is 4. The van der Waals surface area contributed by atoms with Crippen LogP contribution in [0.25, 0.3) is 0 Å². The topological polar surface area (TPSA) is 102 Å². The second-order valence-electron chi connectivity index (χ2n) is 5.28. The molecule has 2 rings (SSSR count). The van der Waals surface area contributed by atoms with E-state index in [1.54, 1.807) is 24.3 Å². The molecule has 0 saturated heterocycles. The van der Waals surface area contributed by atoms with Crippen molar-refractivity contribution in [3.63, 3.8) is 0 Å². The minimum absolute atomic E-state index is 0.0441. The highest BCUT2D eigenvalue weighted by molar-refractivity contribution is 5.94. The smallest absolute Gasteiger partial charge is 0.341 e. The van der Waals surface area contributed by atoms with Crippen molar-refractivity contribution in [3.05, 3.63) is 24.3 Å². The van der Waals surface area contributed by atoms with E-state index in [1.807, 2.05) is 0 Å². The first kappa shape index (κ1) is 15.3. The third kappa shape index (κ3) is 4.46. The van der Waals surface area contributed by atoms with Gasteiger partial charge in [0.15, 0.2) is 6.61 Å². The molecule has 1 amide bonds. The van der Waals surface area contributed by atoms with Gasteiger partial charge in [0.25, 0.3) is 0 Å². The molecule has 1 aromatic carbocycles. The summed E-state index contributed by atoms with van der Waals surface area (Å²) < 4.78 is 5.17. The molecule has 1 fully saturated rings. The molecule has 6 heteroatoms. The maximum absolute atomic E-state index is 12.2. The van der Waals surface area contributed by atoms with Gasteiger partial charge in [-0.05, 0) is 37.8 Å². The van der Waals surface area contributed by atoms with E-state index in [1.165, 1.54) is 0 Å². The zero-order valence-electron chi connectivity index (χ0n) is 11.7. The van der Waals surface area contributed by atoms with E-state index in [4.69, 9.17) is 15.6 Å². The second-order valence-corrected chi connectivity index (χ2v) is 5.28. The number of nitrogens with one attached hydrogen (secondary N) is 1. The fourth-order valence-electron chi connectivity index (χ4n) is 2.45. The molecule has 6 nitrogen and oxygen atoms in total. The van der Waals surface area contributed by atoms with E-state index >= 15 is 0 Å². The molecular formula is C15H20N2O4. The number of aliphatic carboxylic acids is 1. The van der Waals surface area contributed by atoms with Gasteiger partial charge in [0.05, 0.1) is 5.69 Å². The van der Waals surface area contributed by atoms with E-state index < -0.39 is 12.6 Å². The summed E-state index contributed by atoms with van der Waals surface area (Å²) in [5.74, 6) is -0.802.